The van der Waals surface area contributed by atoms with E-state index in [1.807, 2.05) is 19.9 Å². The van der Waals surface area contributed by atoms with E-state index in [1.165, 1.54) is 0 Å². The minimum Gasteiger partial charge on any atom is -0.481 e. The van der Waals surface area contributed by atoms with E-state index in [4.69, 9.17) is 15.0 Å². The molecule has 2 N–H and O–H groups in total. The highest BCUT2D eigenvalue weighted by Crippen LogP contribution is 2.17. The second-order valence-electron chi connectivity index (χ2n) is 4.70. The molecule has 0 saturated carbocycles. The maximum atomic E-state index is 5.96. The first-order valence-electron chi connectivity index (χ1n) is 6.17. The highest BCUT2D eigenvalue weighted by Gasteiger charge is 2.18. The molecule has 0 spiro atoms. The Kier molecular flexibility index (Phi) is 4.11. The molecule has 6 nitrogen and oxygen atoms in total. The third-order valence-corrected chi connectivity index (χ3v) is 2.86. The van der Waals surface area contributed by atoms with E-state index in [0.29, 0.717) is 24.0 Å². The minimum absolute atomic E-state index is 0.227. The Balaban J connectivity index is 2.06. The Hall–Kier alpha value is -1.95. The molecule has 0 bridgehead atoms. The monoisotopic (exact) mass is 262 g/mol. The zero-order valence-corrected chi connectivity index (χ0v) is 11.3. The number of aromatic nitrogens is 3. The minimum atomic E-state index is -0.227. The van der Waals surface area contributed by atoms with Crippen LogP contribution in [0.1, 0.15) is 37.2 Å². The molecule has 2 heterocycles. The molecule has 0 aliphatic carbocycles. The fourth-order valence-electron chi connectivity index (χ4n) is 1.58. The number of hydrogen-bond acceptors (Lipinski definition) is 6. The molecule has 1 atom stereocenters. The maximum Gasteiger partial charge on any atom is 0.243 e. The molecule has 0 aromatic carbocycles. The van der Waals surface area contributed by atoms with Gasteiger partial charge < -0.3 is 15.0 Å². The highest BCUT2D eigenvalue weighted by molar-refractivity contribution is 5.20. The van der Waals surface area contributed by atoms with Crippen LogP contribution in [0.25, 0.3) is 0 Å². The van der Waals surface area contributed by atoms with Crippen LogP contribution in [0.15, 0.2) is 22.9 Å². The summed E-state index contributed by atoms with van der Waals surface area (Å²) in [5.74, 6) is 1.93. The second-order valence-corrected chi connectivity index (χ2v) is 4.70. The molecule has 0 amide bonds. The number of pyridine rings is 1. The van der Waals surface area contributed by atoms with Gasteiger partial charge in [-0.3, -0.25) is 0 Å². The van der Waals surface area contributed by atoms with Crippen LogP contribution in [0.5, 0.6) is 5.88 Å². The number of nitrogens with two attached hydrogens (primary N) is 1. The van der Waals surface area contributed by atoms with Crippen molar-refractivity contribution in [2.24, 2.45) is 11.7 Å². The summed E-state index contributed by atoms with van der Waals surface area (Å²) in [5, 5.41) is 3.93. The van der Waals surface area contributed by atoms with Gasteiger partial charge in [-0.2, -0.15) is 4.98 Å². The maximum absolute atomic E-state index is 5.96. The molecule has 0 radical (unpaired) electrons. The van der Waals surface area contributed by atoms with Crippen molar-refractivity contribution in [1.82, 2.24) is 15.1 Å². The van der Waals surface area contributed by atoms with Crippen LogP contribution in [0.4, 0.5) is 0 Å². The molecule has 6 heteroatoms. The molecule has 2 aromatic heterocycles. The number of nitrogens with zero attached hydrogens (tertiary/aromatic N) is 3. The van der Waals surface area contributed by atoms with Crippen LogP contribution < -0.4 is 10.5 Å². The number of hydrogen-bond donors (Lipinski definition) is 1. The van der Waals surface area contributed by atoms with Crippen molar-refractivity contribution in [3.8, 4) is 5.88 Å². The van der Waals surface area contributed by atoms with Crippen LogP contribution in [-0.4, -0.2) is 22.2 Å². The highest BCUT2D eigenvalue weighted by atomic mass is 16.5. The summed E-state index contributed by atoms with van der Waals surface area (Å²) in [7, 11) is 1.58. The summed E-state index contributed by atoms with van der Waals surface area (Å²) < 4.78 is 10.2. The van der Waals surface area contributed by atoms with Crippen molar-refractivity contribution >= 4 is 0 Å². The zero-order chi connectivity index (χ0) is 13.8. The third-order valence-electron chi connectivity index (χ3n) is 2.86. The summed E-state index contributed by atoms with van der Waals surface area (Å²) >= 11 is 0. The van der Waals surface area contributed by atoms with Crippen LogP contribution in [-0.2, 0) is 6.42 Å². The first-order chi connectivity index (χ1) is 9.10. The smallest absolute Gasteiger partial charge is 0.243 e. The summed E-state index contributed by atoms with van der Waals surface area (Å²) in [6.07, 6.45) is 2.29. The van der Waals surface area contributed by atoms with E-state index in [0.717, 1.165) is 5.56 Å². The van der Waals surface area contributed by atoms with Gasteiger partial charge in [-0.15, -0.1) is 0 Å². The van der Waals surface area contributed by atoms with E-state index in [1.54, 1.807) is 19.4 Å². The van der Waals surface area contributed by atoms with Gasteiger partial charge in [0.1, 0.15) is 0 Å². The lowest BCUT2D eigenvalue weighted by Crippen LogP contribution is -2.17. The first kappa shape index (κ1) is 13.5. The summed E-state index contributed by atoms with van der Waals surface area (Å²) in [6, 6.07) is 3.50. The van der Waals surface area contributed by atoms with Crippen LogP contribution in [0.3, 0.4) is 0 Å². The Bertz CT molecular complexity index is 522. The van der Waals surface area contributed by atoms with Gasteiger partial charge in [0.2, 0.25) is 11.8 Å². The van der Waals surface area contributed by atoms with Crippen molar-refractivity contribution in [2.45, 2.75) is 26.3 Å². The van der Waals surface area contributed by atoms with Crippen molar-refractivity contribution in [2.75, 3.05) is 7.11 Å². The molecule has 102 valence electrons. The van der Waals surface area contributed by atoms with Crippen LogP contribution in [0, 0.1) is 5.92 Å². The molecule has 19 heavy (non-hydrogen) atoms. The summed E-state index contributed by atoms with van der Waals surface area (Å²) in [4.78, 5) is 8.44. The van der Waals surface area contributed by atoms with Gasteiger partial charge in [-0.25, -0.2) is 4.98 Å². The van der Waals surface area contributed by atoms with Gasteiger partial charge in [-0.05, 0) is 11.5 Å². The number of methoxy groups -OCH3 is 1. The largest absolute Gasteiger partial charge is 0.481 e. The van der Waals surface area contributed by atoms with Crippen LogP contribution >= 0.6 is 0 Å². The topological polar surface area (TPSA) is 87.1 Å². The van der Waals surface area contributed by atoms with Gasteiger partial charge in [-0.1, -0.05) is 25.1 Å². The zero-order valence-electron chi connectivity index (χ0n) is 11.3. The second kappa shape index (κ2) is 5.79. The lowest BCUT2D eigenvalue weighted by molar-refractivity contribution is 0.322. The van der Waals surface area contributed by atoms with Gasteiger partial charge in [0, 0.05) is 18.7 Å². The van der Waals surface area contributed by atoms with E-state index >= 15 is 0 Å². The van der Waals surface area contributed by atoms with E-state index in [2.05, 4.69) is 15.1 Å². The van der Waals surface area contributed by atoms with Gasteiger partial charge >= 0.3 is 0 Å². The Morgan fingerprint density at radius 1 is 1.37 bits per heavy atom. The fourth-order valence-corrected chi connectivity index (χ4v) is 1.58. The predicted octanol–water partition coefficient (Wildman–Crippen LogP) is 1.72. The van der Waals surface area contributed by atoms with Gasteiger partial charge in [0.25, 0.3) is 0 Å². The van der Waals surface area contributed by atoms with Gasteiger partial charge in [0.05, 0.1) is 13.2 Å². The van der Waals surface area contributed by atoms with Crippen molar-refractivity contribution in [3.05, 3.63) is 35.6 Å². The Morgan fingerprint density at radius 2 is 2.16 bits per heavy atom. The van der Waals surface area contributed by atoms with E-state index in [9.17, 15) is 0 Å². The molecular formula is C13H18N4O2. The Labute approximate surface area is 112 Å². The van der Waals surface area contributed by atoms with Crippen LogP contribution in [0.2, 0.25) is 0 Å². The van der Waals surface area contributed by atoms with E-state index < -0.39 is 0 Å². The predicted molar refractivity (Wildman–Crippen MR) is 69.7 cm³/mol. The Morgan fingerprint density at radius 3 is 2.74 bits per heavy atom. The average Bonchev–Trinajstić information content (AvgIpc) is 2.87. The SMILES string of the molecule is COc1ccc(Cc2noc([C@@H](N)C(C)C)n2)cn1. The van der Waals surface area contributed by atoms with E-state index in [-0.39, 0.29) is 12.0 Å². The molecule has 0 fully saturated rings. The van der Waals surface area contributed by atoms with Crippen molar-refractivity contribution < 1.29 is 9.26 Å². The third kappa shape index (κ3) is 3.29. The van der Waals surface area contributed by atoms with Crippen molar-refractivity contribution in [1.29, 1.82) is 0 Å². The molecule has 2 aromatic rings. The molecule has 0 unspecified atom stereocenters. The number of ether oxygens (including phenoxy) is 1. The summed E-state index contributed by atoms with van der Waals surface area (Å²) in [6.45, 7) is 4.03. The lowest BCUT2D eigenvalue weighted by atomic mass is 10.1. The average molecular weight is 262 g/mol. The van der Waals surface area contributed by atoms with Crippen molar-refractivity contribution in [3.63, 3.8) is 0 Å². The first-order valence-corrected chi connectivity index (χ1v) is 6.17. The fraction of sp³-hybridized carbons (Fsp3) is 0.462. The standard InChI is InChI=1S/C13H18N4O2/c1-8(2)12(14)13-16-10(17-19-13)6-9-4-5-11(18-3)15-7-9/h4-5,7-8,12H,6,14H2,1-3H3/t12-/m0/s1. The molecule has 2 rings (SSSR count). The molecule has 0 aliphatic heterocycles. The normalized spacial score (nSPS) is 12.7. The number of rotatable bonds is 5. The summed E-state index contributed by atoms with van der Waals surface area (Å²) in [5.41, 5.74) is 6.95. The lowest BCUT2D eigenvalue weighted by Gasteiger charge is -2.09. The molecule has 0 aliphatic rings. The molecule has 0 saturated heterocycles. The quantitative estimate of drug-likeness (QED) is 0.882. The molecular weight excluding hydrogens is 244 g/mol. The van der Waals surface area contributed by atoms with Gasteiger partial charge in [0.15, 0.2) is 5.82 Å².